The second-order valence-electron chi connectivity index (χ2n) is 4.86. The van der Waals surface area contributed by atoms with E-state index in [0.717, 1.165) is 0 Å². The van der Waals surface area contributed by atoms with E-state index in [1.807, 2.05) is 6.07 Å². The minimum absolute atomic E-state index is 0.0657. The van der Waals surface area contributed by atoms with E-state index < -0.39 is 22.8 Å². The lowest BCUT2D eigenvalue weighted by atomic mass is 9.68. The van der Waals surface area contributed by atoms with Crippen LogP contribution in [0, 0.1) is 5.92 Å². The quantitative estimate of drug-likeness (QED) is 0.759. The Labute approximate surface area is 109 Å². The highest BCUT2D eigenvalue weighted by Crippen LogP contribution is 2.23. The average molecular weight is 270 g/mol. The van der Waals surface area contributed by atoms with E-state index in [2.05, 4.69) is 0 Å². The van der Waals surface area contributed by atoms with Crippen LogP contribution >= 0.6 is 0 Å². The van der Waals surface area contributed by atoms with Crippen molar-refractivity contribution in [3.8, 4) is 0 Å². The lowest BCUT2D eigenvalue weighted by Crippen LogP contribution is -2.31. The first-order valence-electron chi connectivity index (χ1n) is 5.92. The molecule has 1 aromatic carbocycles. The Hall–Kier alpha value is -0.845. The van der Waals surface area contributed by atoms with Crippen LogP contribution in [0.1, 0.15) is 19.4 Å². The molecule has 18 heavy (non-hydrogen) atoms. The van der Waals surface area contributed by atoms with Gasteiger partial charge in [0, 0.05) is 5.82 Å². The first kappa shape index (κ1) is 15.2. The summed E-state index contributed by atoms with van der Waals surface area (Å²) in [6.07, 6.45) is 0. The summed E-state index contributed by atoms with van der Waals surface area (Å²) in [5, 5.41) is 18.4. The first-order valence-corrected chi connectivity index (χ1v) is 7.74. The number of benzene rings is 1. The second-order valence-corrected chi connectivity index (χ2v) is 6.97. The number of hydrogen-bond acceptors (Lipinski definition) is 4. The van der Waals surface area contributed by atoms with Crippen LogP contribution in [0.5, 0.6) is 0 Å². The summed E-state index contributed by atoms with van der Waals surface area (Å²) >= 11 is 0. The molecule has 0 spiro atoms. The summed E-state index contributed by atoms with van der Waals surface area (Å²) < 4.78 is 24.0. The summed E-state index contributed by atoms with van der Waals surface area (Å²) in [6.45, 7) is 3.56. The molecule has 0 bridgehead atoms. The van der Waals surface area contributed by atoms with Crippen LogP contribution in [0.25, 0.3) is 0 Å². The van der Waals surface area contributed by atoms with Crippen molar-refractivity contribution in [3.05, 3.63) is 35.9 Å². The molecular formula is C12H19BO4S. The number of rotatable bonds is 6. The van der Waals surface area contributed by atoms with Crippen LogP contribution in [0.4, 0.5) is 0 Å². The second kappa shape index (κ2) is 6.36. The van der Waals surface area contributed by atoms with E-state index in [1.165, 1.54) is 0 Å². The molecule has 6 heteroatoms. The van der Waals surface area contributed by atoms with Crippen molar-refractivity contribution in [2.75, 3.05) is 5.75 Å². The molecule has 100 valence electrons. The van der Waals surface area contributed by atoms with Gasteiger partial charge in [0.1, 0.15) is 0 Å². The molecule has 0 aliphatic carbocycles. The normalized spacial score (nSPS) is 13.6. The minimum atomic E-state index is -3.34. The fourth-order valence-corrected chi connectivity index (χ4v) is 3.76. The maximum Gasteiger partial charge on any atom is 0.456 e. The van der Waals surface area contributed by atoms with Crippen LogP contribution in [0.3, 0.4) is 0 Å². The smallest absolute Gasteiger partial charge is 0.427 e. The van der Waals surface area contributed by atoms with Crippen molar-refractivity contribution >= 4 is 17.0 Å². The average Bonchev–Trinajstić information content (AvgIpc) is 2.26. The Kier molecular flexibility index (Phi) is 5.37. The predicted molar refractivity (Wildman–Crippen MR) is 72.7 cm³/mol. The molecule has 0 radical (unpaired) electrons. The maximum atomic E-state index is 12.0. The van der Waals surface area contributed by atoms with Crippen molar-refractivity contribution in [1.82, 2.24) is 0 Å². The van der Waals surface area contributed by atoms with Gasteiger partial charge in [-0.15, -0.1) is 0 Å². The monoisotopic (exact) mass is 270 g/mol. The van der Waals surface area contributed by atoms with Crippen molar-refractivity contribution in [2.45, 2.75) is 25.4 Å². The molecule has 0 heterocycles. The van der Waals surface area contributed by atoms with Crippen LogP contribution in [0.2, 0.25) is 5.82 Å². The molecule has 0 saturated heterocycles. The van der Waals surface area contributed by atoms with Crippen LogP contribution in [-0.4, -0.2) is 31.3 Å². The van der Waals surface area contributed by atoms with E-state index in [1.54, 1.807) is 38.1 Å². The van der Waals surface area contributed by atoms with Crippen molar-refractivity contribution < 1.29 is 18.5 Å². The molecule has 0 saturated carbocycles. The molecular weight excluding hydrogens is 251 g/mol. The maximum absolute atomic E-state index is 12.0. The van der Waals surface area contributed by atoms with Gasteiger partial charge in [0.05, 0.1) is 11.5 Å². The Morgan fingerprint density at radius 1 is 1.17 bits per heavy atom. The highest BCUT2D eigenvalue weighted by molar-refractivity contribution is 7.90. The third kappa shape index (κ3) is 4.80. The SMILES string of the molecule is CC(C)[C@H](CS(=O)(=O)Cc1ccccc1)B(O)O. The van der Waals surface area contributed by atoms with E-state index in [9.17, 15) is 18.5 Å². The van der Waals surface area contributed by atoms with E-state index in [4.69, 9.17) is 0 Å². The van der Waals surface area contributed by atoms with Crippen LogP contribution in [-0.2, 0) is 15.6 Å². The topological polar surface area (TPSA) is 74.6 Å². The summed E-state index contributed by atoms with van der Waals surface area (Å²) in [6, 6.07) is 8.89. The van der Waals surface area contributed by atoms with Crippen molar-refractivity contribution in [2.24, 2.45) is 5.92 Å². The lowest BCUT2D eigenvalue weighted by Gasteiger charge is -2.19. The third-order valence-corrected chi connectivity index (χ3v) is 4.58. The van der Waals surface area contributed by atoms with Crippen molar-refractivity contribution in [1.29, 1.82) is 0 Å². The number of hydrogen-bond donors (Lipinski definition) is 2. The van der Waals surface area contributed by atoms with E-state index in [-0.39, 0.29) is 17.4 Å². The molecule has 1 rings (SSSR count). The highest BCUT2D eigenvalue weighted by Gasteiger charge is 2.31. The first-order chi connectivity index (χ1) is 8.32. The van der Waals surface area contributed by atoms with Gasteiger partial charge in [0.15, 0.2) is 9.84 Å². The fraction of sp³-hybridized carbons (Fsp3) is 0.500. The van der Waals surface area contributed by atoms with Gasteiger partial charge in [-0.1, -0.05) is 44.2 Å². The van der Waals surface area contributed by atoms with Gasteiger partial charge in [0.25, 0.3) is 0 Å². The Morgan fingerprint density at radius 2 is 1.72 bits per heavy atom. The Morgan fingerprint density at radius 3 is 2.17 bits per heavy atom. The van der Waals surface area contributed by atoms with Gasteiger partial charge < -0.3 is 10.0 Å². The van der Waals surface area contributed by atoms with Crippen molar-refractivity contribution in [3.63, 3.8) is 0 Å². The summed E-state index contributed by atoms with van der Waals surface area (Å²) in [7, 11) is -4.95. The Balaban J connectivity index is 2.76. The molecule has 0 unspecified atom stereocenters. The zero-order valence-corrected chi connectivity index (χ0v) is 11.5. The third-order valence-electron chi connectivity index (χ3n) is 2.92. The Bertz CT molecular complexity index is 448. The van der Waals surface area contributed by atoms with Gasteiger partial charge >= 0.3 is 7.12 Å². The molecule has 0 aromatic heterocycles. The van der Waals surface area contributed by atoms with Gasteiger partial charge in [-0.25, -0.2) is 8.42 Å². The minimum Gasteiger partial charge on any atom is -0.427 e. The standard InChI is InChI=1S/C12H19BO4S/c1-10(2)12(13(14)15)9-18(16,17)8-11-6-4-3-5-7-11/h3-7,10,12,14-15H,8-9H2,1-2H3/t12-/m0/s1. The van der Waals surface area contributed by atoms with E-state index >= 15 is 0 Å². The summed E-state index contributed by atoms with van der Waals surface area (Å²) in [5.74, 6) is -1.03. The molecule has 0 fully saturated rings. The zero-order valence-electron chi connectivity index (χ0n) is 10.7. The van der Waals surface area contributed by atoms with Gasteiger partial charge in [-0.2, -0.15) is 0 Å². The highest BCUT2D eigenvalue weighted by atomic mass is 32.2. The van der Waals surface area contributed by atoms with Gasteiger partial charge in [0.2, 0.25) is 0 Å². The van der Waals surface area contributed by atoms with E-state index in [0.29, 0.717) is 5.56 Å². The zero-order chi connectivity index (χ0) is 13.8. The lowest BCUT2D eigenvalue weighted by molar-refractivity contribution is 0.367. The molecule has 2 N–H and O–H groups in total. The fourth-order valence-electron chi connectivity index (χ4n) is 1.80. The molecule has 0 aliphatic heterocycles. The molecule has 1 atom stereocenters. The van der Waals surface area contributed by atoms with Gasteiger partial charge in [-0.3, -0.25) is 0 Å². The van der Waals surface area contributed by atoms with Crippen LogP contribution < -0.4 is 0 Å². The molecule has 0 amide bonds. The predicted octanol–water partition coefficient (Wildman–Crippen LogP) is 1.10. The molecule has 1 aromatic rings. The summed E-state index contributed by atoms with van der Waals surface area (Å²) in [4.78, 5) is 0. The number of sulfone groups is 1. The molecule has 0 aliphatic rings. The molecule has 4 nitrogen and oxygen atoms in total. The van der Waals surface area contributed by atoms with Gasteiger partial charge in [-0.05, 0) is 11.5 Å². The largest absolute Gasteiger partial charge is 0.456 e. The summed E-state index contributed by atoms with van der Waals surface area (Å²) in [5.41, 5.74) is 0.715. The van der Waals surface area contributed by atoms with Crippen LogP contribution in [0.15, 0.2) is 30.3 Å².